The highest BCUT2D eigenvalue weighted by Crippen LogP contribution is 2.07. The Morgan fingerprint density at radius 2 is 2.00 bits per heavy atom. The van der Waals surface area contributed by atoms with E-state index in [9.17, 15) is 4.79 Å². The first kappa shape index (κ1) is 11.7. The molecule has 1 N–H and O–H groups in total. The van der Waals surface area contributed by atoms with Gasteiger partial charge in [-0.05, 0) is 5.56 Å². The molecule has 4 heteroatoms. The van der Waals surface area contributed by atoms with E-state index in [4.69, 9.17) is 16.3 Å². The Hall–Kier alpha value is -1.74. The van der Waals surface area contributed by atoms with Gasteiger partial charge in [-0.3, -0.25) is 4.79 Å². The monoisotopic (exact) mass is 249 g/mol. The van der Waals surface area contributed by atoms with Gasteiger partial charge >= 0.3 is 0 Å². The Balaban J connectivity index is 2.07. The summed E-state index contributed by atoms with van der Waals surface area (Å²) >= 11 is 5.61. The van der Waals surface area contributed by atoms with Crippen LogP contribution in [0.15, 0.2) is 47.4 Å². The van der Waals surface area contributed by atoms with Gasteiger partial charge in [-0.1, -0.05) is 30.3 Å². The zero-order valence-corrected chi connectivity index (χ0v) is 9.91. The quantitative estimate of drug-likeness (QED) is 0.847. The van der Waals surface area contributed by atoms with Gasteiger partial charge in [0.15, 0.2) is 5.75 Å². The molecule has 0 aliphatic rings. The second-order valence-electron chi connectivity index (χ2n) is 3.59. The van der Waals surface area contributed by atoms with Crippen molar-refractivity contribution < 1.29 is 4.74 Å². The van der Waals surface area contributed by atoms with Gasteiger partial charge in [0, 0.05) is 18.0 Å². The van der Waals surface area contributed by atoms with Gasteiger partial charge in [0.25, 0.3) is 0 Å². The molecule has 0 spiro atoms. The Kier molecular flexibility index (Phi) is 3.83. The Labute approximate surface area is 104 Å². The molecular formula is C13H12ClNO2. The van der Waals surface area contributed by atoms with Gasteiger partial charge in [-0.15, -0.1) is 11.6 Å². The van der Waals surface area contributed by atoms with Gasteiger partial charge in [-0.25, -0.2) is 0 Å². The molecule has 0 aliphatic heterocycles. The van der Waals surface area contributed by atoms with E-state index in [1.807, 2.05) is 30.3 Å². The minimum atomic E-state index is -0.157. The van der Waals surface area contributed by atoms with Crippen LogP contribution in [0.2, 0.25) is 0 Å². The summed E-state index contributed by atoms with van der Waals surface area (Å²) in [6.45, 7) is 0.379. The van der Waals surface area contributed by atoms with E-state index in [2.05, 4.69) is 4.98 Å². The van der Waals surface area contributed by atoms with E-state index < -0.39 is 0 Å². The van der Waals surface area contributed by atoms with Crippen LogP contribution in [0.5, 0.6) is 5.75 Å². The van der Waals surface area contributed by atoms with E-state index in [-0.39, 0.29) is 11.3 Å². The smallest absolute Gasteiger partial charge is 0.223 e. The van der Waals surface area contributed by atoms with Crippen molar-refractivity contribution >= 4 is 11.6 Å². The third-order valence-corrected chi connectivity index (χ3v) is 2.61. The molecule has 2 aromatic rings. The number of pyridine rings is 1. The summed E-state index contributed by atoms with van der Waals surface area (Å²) in [6.07, 6.45) is 1.54. The van der Waals surface area contributed by atoms with E-state index >= 15 is 0 Å². The number of alkyl halides is 1. The number of aromatic nitrogens is 1. The lowest BCUT2D eigenvalue weighted by Crippen LogP contribution is -2.09. The fourth-order valence-corrected chi connectivity index (χ4v) is 1.58. The highest BCUT2D eigenvalue weighted by atomic mass is 35.5. The lowest BCUT2D eigenvalue weighted by atomic mass is 10.2. The average Bonchev–Trinajstić information content (AvgIpc) is 2.38. The Morgan fingerprint density at radius 3 is 2.65 bits per heavy atom. The van der Waals surface area contributed by atoms with Gasteiger partial charge < -0.3 is 9.72 Å². The molecule has 1 aromatic carbocycles. The summed E-state index contributed by atoms with van der Waals surface area (Å²) in [5, 5.41) is 0. The molecule has 0 atom stereocenters. The zero-order valence-electron chi connectivity index (χ0n) is 9.15. The molecule has 1 aromatic heterocycles. The van der Waals surface area contributed by atoms with Crippen LogP contribution >= 0.6 is 11.6 Å². The van der Waals surface area contributed by atoms with Crippen molar-refractivity contribution in [2.45, 2.75) is 12.5 Å². The van der Waals surface area contributed by atoms with Crippen LogP contribution in [-0.4, -0.2) is 4.98 Å². The molecule has 3 nitrogen and oxygen atoms in total. The van der Waals surface area contributed by atoms with Crippen LogP contribution in [0, 0.1) is 0 Å². The van der Waals surface area contributed by atoms with Crippen molar-refractivity contribution in [3.8, 4) is 5.75 Å². The van der Waals surface area contributed by atoms with Crippen molar-refractivity contribution in [1.82, 2.24) is 4.98 Å². The molecule has 0 unspecified atom stereocenters. The van der Waals surface area contributed by atoms with Crippen LogP contribution in [0.4, 0.5) is 0 Å². The van der Waals surface area contributed by atoms with Crippen molar-refractivity contribution in [2.75, 3.05) is 0 Å². The highest BCUT2D eigenvalue weighted by molar-refractivity contribution is 6.16. The first-order valence-corrected chi connectivity index (χ1v) is 5.77. The summed E-state index contributed by atoms with van der Waals surface area (Å²) in [6, 6.07) is 11.1. The molecule has 0 amide bonds. The number of hydrogen-bond donors (Lipinski definition) is 1. The zero-order chi connectivity index (χ0) is 12.1. The number of H-pyrrole nitrogens is 1. The second-order valence-corrected chi connectivity index (χ2v) is 3.86. The molecule has 2 rings (SSSR count). The molecule has 0 bridgehead atoms. The average molecular weight is 250 g/mol. The lowest BCUT2D eigenvalue weighted by molar-refractivity contribution is 0.302. The number of hydrogen-bond acceptors (Lipinski definition) is 2. The highest BCUT2D eigenvalue weighted by Gasteiger charge is 2.02. The molecule has 0 saturated carbocycles. The van der Waals surface area contributed by atoms with E-state index in [0.717, 1.165) is 5.56 Å². The summed E-state index contributed by atoms with van der Waals surface area (Å²) in [4.78, 5) is 14.5. The normalized spacial score (nSPS) is 10.2. The maximum Gasteiger partial charge on any atom is 0.223 e. The summed E-state index contributed by atoms with van der Waals surface area (Å²) in [5.74, 6) is 0.594. The fraction of sp³-hybridized carbons (Fsp3) is 0.154. The summed E-state index contributed by atoms with van der Waals surface area (Å²) in [7, 11) is 0. The Bertz CT molecular complexity index is 537. The third-order valence-electron chi connectivity index (χ3n) is 2.32. The predicted molar refractivity (Wildman–Crippen MR) is 67.4 cm³/mol. The summed E-state index contributed by atoms with van der Waals surface area (Å²) < 4.78 is 5.44. The van der Waals surface area contributed by atoms with Crippen LogP contribution in [-0.2, 0) is 12.5 Å². The van der Waals surface area contributed by atoms with E-state index in [0.29, 0.717) is 18.1 Å². The van der Waals surface area contributed by atoms with Crippen molar-refractivity contribution in [2.24, 2.45) is 0 Å². The topological polar surface area (TPSA) is 42.1 Å². The number of ether oxygens (including phenoxy) is 1. The lowest BCUT2D eigenvalue weighted by Gasteiger charge is -2.05. The predicted octanol–water partition coefficient (Wildman–Crippen LogP) is 2.69. The van der Waals surface area contributed by atoms with Crippen molar-refractivity contribution in [1.29, 1.82) is 0 Å². The van der Waals surface area contributed by atoms with Crippen LogP contribution in [0.1, 0.15) is 11.3 Å². The SMILES string of the molecule is O=c1cc(CCl)[nH]cc1OCc1ccccc1. The van der Waals surface area contributed by atoms with Gasteiger partial charge in [0.05, 0.1) is 5.88 Å². The van der Waals surface area contributed by atoms with E-state index in [1.54, 1.807) is 6.20 Å². The molecule has 1 heterocycles. The van der Waals surface area contributed by atoms with Crippen molar-refractivity contribution in [3.63, 3.8) is 0 Å². The second kappa shape index (κ2) is 5.55. The van der Waals surface area contributed by atoms with Crippen LogP contribution in [0.25, 0.3) is 0 Å². The standard InChI is InChI=1S/C13H12ClNO2/c14-7-11-6-12(16)13(8-15-11)17-9-10-4-2-1-3-5-10/h1-6,8H,7,9H2,(H,15,16). The molecule has 17 heavy (non-hydrogen) atoms. The maximum absolute atomic E-state index is 11.6. The molecule has 0 saturated heterocycles. The summed E-state index contributed by atoms with van der Waals surface area (Å²) in [5.41, 5.74) is 1.55. The first-order valence-electron chi connectivity index (χ1n) is 5.24. The minimum absolute atomic E-state index is 0.157. The molecule has 0 fully saturated rings. The molecular weight excluding hydrogens is 238 g/mol. The third kappa shape index (κ3) is 3.11. The van der Waals surface area contributed by atoms with E-state index in [1.165, 1.54) is 6.07 Å². The number of halogens is 1. The first-order chi connectivity index (χ1) is 8.29. The maximum atomic E-state index is 11.6. The van der Waals surface area contributed by atoms with Crippen LogP contribution in [0.3, 0.4) is 0 Å². The fourth-order valence-electron chi connectivity index (χ4n) is 1.43. The van der Waals surface area contributed by atoms with Gasteiger partial charge in [0.2, 0.25) is 5.43 Å². The molecule has 88 valence electrons. The Morgan fingerprint density at radius 1 is 1.24 bits per heavy atom. The molecule has 0 aliphatic carbocycles. The number of benzene rings is 1. The number of aromatic amines is 1. The van der Waals surface area contributed by atoms with Crippen LogP contribution < -0.4 is 10.2 Å². The largest absolute Gasteiger partial charge is 0.483 e. The van der Waals surface area contributed by atoms with Gasteiger partial charge in [-0.2, -0.15) is 0 Å². The van der Waals surface area contributed by atoms with Crippen molar-refractivity contribution in [3.05, 3.63) is 64.1 Å². The number of nitrogens with one attached hydrogen (secondary N) is 1. The van der Waals surface area contributed by atoms with Gasteiger partial charge in [0.1, 0.15) is 6.61 Å². The minimum Gasteiger partial charge on any atom is -0.483 e. The number of rotatable bonds is 4. The molecule has 0 radical (unpaired) electrons.